The van der Waals surface area contributed by atoms with E-state index in [-0.39, 0.29) is 28.8 Å². The minimum atomic E-state index is -3.72. The zero-order valence-corrected chi connectivity index (χ0v) is 19.5. The van der Waals surface area contributed by atoms with Crippen LogP contribution in [0.25, 0.3) is 0 Å². The lowest BCUT2D eigenvalue weighted by Crippen LogP contribution is -2.39. The van der Waals surface area contributed by atoms with Gasteiger partial charge in [-0.05, 0) is 54.0 Å². The lowest BCUT2D eigenvalue weighted by Gasteiger charge is -2.22. The fraction of sp³-hybridized carbons (Fsp3) is 0.409. The Balaban J connectivity index is 2.01. The first-order valence-electron chi connectivity index (χ1n) is 9.45. The summed E-state index contributed by atoms with van der Waals surface area (Å²) in [5.41, 5.74) is 2.26. The predicted molar refractivity (Wildman–Crippen MR) is 120 cm³/mol. The average Bonchev–Trinajstić information content (AvgIpc) is 2.67. The van der Waals surface area contributed by atoms with Gasteiger partial charge in [0.2, 0.25) is 15.9 Å². The van der Waals surface area contributed by atoms with Gasteiger partial charge in [0.05, 0.1) is 17.5 Å². The fourth-order valence-corrected chi connectivity index (χ4v) is 4.39. The van der Waals surface area contributed by atoms with Crippen molar-refractivity contribution in [3.63, 3.8) is 0 Å². The van der Waals surface area contributed by atoms with E-state index < -0.39 is 10.0 Å². The molecule has 5 nitrogen and oxygen atoms in total. The molecule has 2 aromatic carbocycles. The largest absolute Gasteiger partial charge is 0.348 e. The molecule has 0 heterocycles. The molecule has 0 radical (unpaired) electrons. The quantitative estimate of drug-likeness (QED) is 0.663. The van der Waals surface area contributed by atoms with E-state index >= 15 is 0 Å². The molecule has 1 N–H and O–H groups in total. The maximum Gasteiger partial charge on any atom is 0.243 e. The van der Waals surface area contributed by atoms with Crippen molar-refractivity contribution in [2.75, 3.05) is 19.8 Å². The first-order chi connectivity index (χ1) is 13.4. The van der Waals surface area contributed by atoms with E-state index in [1.165, 1.54) is 12.6 Å². The van der Waals surface area contributed by atoms with E-state index in [2.05, 4.69) is 38.2 Å². The minimum absolute atomic E-state index is 0.0656. The Kier molecular flexibility index (Phi) is 7.54. The second-order valence-corrected chi connectivity index (χ2v) is 11.0. The number of hydrogen-bond acceptors (Lipinski definition) is 4. The van der Waals surface area contributed by atoms with Gasteiger partial charge in [-0.3, -0.25) is 4.79 Å². The molecule has 0 aliphatic heterocycles. The summed E-state index contributed by atoms with van der Waals surface area (Å²) in [5.74, 6) is -0.343. The SMILES string of the molecule is CSc1ccc(S(=O)(=O)N(C)CC(=O)N[C@H](C)c2ccc(C(C)(C)C)cc2)cc1. The van der Waals surface area contributed by atoms with E-state index in [0.717, 1.165) is 14.8 Å². The number of carbonyl (C=O) groups is 1. The second-order valence-electron chi connectivity index (χ2n) is 8.10. The third-order valence-corrected chi connectivity index (χ3v) is 7.35. The Morgan fingerprint density at radius 3 is 2.10 bits per heavy atom. The highest BCUT2D eigenvalue weighted by molar-refractivity contribution is 7.98. The number of thioether (sulfide) groups is 1. The smallest absolute Gasteiger partial charge is 0.243 e. The molecule has 158 valence electrons. The van der Waals surface area contributed by atoms with Crippen LogP contribution in [0.15, 0.2) is 58.3 Å². The molecule has 7 heteroatoms. The van der Waals surface area contributed by atoms with Crippen LogP contribution in [-0.2, 0) is 20.2 Å². The van der Waals surface area contributed by atoms with Crippen LogP contribution in [-0.4, -0.2) is 38.5 Å². The van der Waals surface area contributed by atoms with Crippen molar-refractivity contribution in [2.24, 2.45) is 0 Å². The predicted octanol–water partition coefficient (Wildman–Crippen LogP) is 4.20. The number of rotatable bonds is 7. The second kappa shape index (κ2) is 9.32. The average molecular weight is 435 g/mol. The number of hydrogen-bond donors (Lipinski definition) is 1. The standard InChI is InChI=1S/C22H30N2O3S2/c1-16(17-7-9-18(10-8-17)22(2,3)4)23-21(25)15-24(5)29(26,27)20-13-11-19(28-6)12-14-20/h7-14,16H,15H2,1-6H3,(H,23,25)/t16-/m1/s1. The van der Waals surface area contributed by atoms with Gasteiger partial charge < -0.3 is 5.32 Å². The normalized spacial score (nSPS) is 13.3. The Bertz CT molecular complexity index is 932. The highest BCUT2D eigenvalue weighted by Gasteiger charge is 2.23. The molecule has 2 rings (SSSR count). The van der Waals surface area contributed by atoms with Crippen LogP contribution < -0.4 is 5.32 Å². The van der Waals surface area contributed by atoms with Crippen molar-refractivity contribution in [3.05, 3.63) is 59.7 Å². The van der Waals surface area contributed by atoms with Gasteiger partial charge in [0.25, 0.3) is 0 Å². The van der Waals surface area contributed by atoms with Gasteiger partial charge in [-0.2, -0.15) is 4.31 Å². The monoisotopic (exact) mass is 434 g/mol. The van der Waals surface area contributed by atoms with Crippen molar-refractivity contribution in [1.82, 2.24) is 9.62 Å². The summed E-state index contributed by atoms with van der Waals surface area (Å²) in [6.07, 6.45) is 1.93. The van der Waals surface area contributed by atoms with Crippen LogP contribution >= 0.6 is 11.8 Å². The Morgan fingerprint density at radius 2 is 1.62 bits per heavy atom. The van der Waals surface area contributed by atoms with Crippen molar-refractivity contribution in [2.45, 2.75) is 48.9 Å². The van der Waals surface area contributed by atoms with Crippen LogP contribution in [0.4, 0.5) is 0 Å². The van der Waals surface area contributed by atoms with Gasteiger partial charge in [0, 0.05) is 11.9 Å². The molecule has 0 fully saturated rings. The fourth-order valence-electron chi connectivity index (χ4n) is 2.86. The van der Waals surface area contributed by atoms with E-state index in [1.807, 2.05) is 25.3 Å². The molecule has 0 unspecified atom stereocenters. The highest BCUT2D eigenvalue weighted by Crippen LogP contribution is 2.24. The molecule has 1 amide bonds. The van der Waals surface area contributed by atoms with Crippen LogP contribution in [0.3, 0.4) is 0 Å². The molecule has 0 aromatic heterocycles. The molecule has 29 heavy (non-hydrogen) atoms. The van der Waals surface area contributed by atoms with E-state index in [4.69, 9.17) is 0 Å². The Labute approximate surface area is 178 Å². The maximum atomic E-state index is 12.7. The molecule has 0 saturated heterocycles. The summed E-state index contributed by atoms with van der Waals surface area (Å²) in [4.78, 5) is 13.6. The molecule has 0 spiro atoms. The maximum absolute atomic E-state index is 12.7. The third kappa shape index (κ3) is 6.07. The van der Waals surface area contributed by atoms with Gasteiger partial charge in [-0.25, -0.2) is 8.42 Å². The van der Waals surface area contributed by atoms with Crippen LogP contribution in [0, 0.1) is 0 Å². The first-order valence-corrected chi connectivity index (χ1v) is 12.1. The van der Waals surface area contributed by atoms with E-state index in [1.54, 1.807) is 36.0 Å². The third-order valence-electron chi connectivity index (χ3n) is 4.79. The van der Waals surface area contributed by atoms with Crippen molar-refractivity contribution < 1.29 is 13.2 Å². The number of nitrogens with zero attached hydrogens (tertiary/aromatic N) is 1. The summed E-state index contributed by atoms with van der Waals surface area (Å²) in [5, 5.41) is 2.88. The number of sulfonamides is 1. The van der Waals surface area contributed by atoms with Gasteiger partial charge in [0.1, 0.15) is 0 Å². The van der Waals surface area contributed by atoms with E-state index in [0.29, 0.717) is 0 Å². The van der Waals surface area contributed by atoms with Crippen LogP contribution in [0.1, 0.15) is 44.9 Å². The van der Waals surface area contributed by atoms with Crippen molar-refractivity contribution in [3.8, 4) is 0 Å². The summed E-state index contributed by atoms with van der Waals surface area (Å²) >= 11 is 1.54. The lowest BCUT2D eigenvalue weighted by atomic mass is 9.86. The lowest BCUT2D eigenvalue weighted by molar-refractivity contribution is -0.121. The Hall–Kier alpha value is -1.83. The summed E-state index contributed by atoms with van der Waals surface area (Å²) < 4.78 is 26.5. The molecule has 0 aliphatic carbocycles. The highest BCUT2D eigenvalue weighted by atomic mass is 32.2. The number of nitrogens with one attached hydrogen (secondary N) is 1. The topological polar surface area (TPSA) is 66.5 Å². The number of amides is 1. The van der Waals surface area contributed by atoms with Crippen molar-refractivity contribution >= 4 is 27.7 Å². The van der Waals surface area contributed by atoms with Gasteiger partial charge in [-0.15, -0.1) is 11.8 Å². The number of carbonyl (C=O) groups excluding carboxylic acids is 1. The van der Waals surface area contributed by atoms with E-state index in [9.17, 15) is 13.2 Å². The van der Waals surface area contributed by atoms with Crippen LogP contribution in [0.5, 0.6) is 0 Å². The molecule has 0 bridgehead atoms. The minimum Gasteiger partial charge on any atom is -0.348 e. The molecular weight excluding hydrogens is 404 g/mol. The summed E-state index contributed by atoms with van der Waals surface area (Å²) in [6.45, 7) is 8.10. The molecule has 0 saturated carbocycles. The first kappa shape index (κ1) is 23.4. The summed E-state index contributed by atoms with van der Waals surface area (Å²) in [7, 11) is -2.30. The molecule has 1 atom stereocenters. The molecule has 2 aromatic rings. The zero-order chi connectivity index (χ0) is 21.8. The molecular formula is C22H30N2O3S2. The zero-order valence-electron chi connectivity index (χ0n) is 17.9. The van der Waals surface area contributed by atoms with Crippen LogP contribution in [0.2, 0.25) is 0 Å². The van der Waals surface area contributed by atoms with Gasteiger partial charge in [-0.1, -0.05) is 45.0 Å². The summed E-state index contributed by atoms with van der Waals surface area (Å²) in [6, 6.07) is 14.6. The van der Waals surface area contributed by atoms with Gasteiger partial charge >= 0.3 is 0 Å². The number of likely N-dealkylation sites (N-methyl/N-ethyl adjacent to an activating group) is 1. The molecule has 0 aliphatic rings. The Morgan fingerprint density at radius 1 is 1.07 bits per heavy atom. The van der Waals surface area contributed by atoms with Crippen molar-refractivity contribution in [1.29, 1.82) is 0 Å². The van der Waals surface area contributed by atoms with Gasteiger partial charge in [0.15, 0.2) is 0 Å². The number of benzene rings is 2.